The first-order valence-electron chi connectivity index (χ1n) is 8.51. The van der Waals surface area contributed by atoms with E-state index in [2.05, 4.69) is 24.1 Å². The highest BCUT2D eigenvalue weighted by atomic mass is 35.5. The summed E-state index contributed by atoms with van der Waals surface area (Å²) in [6.07, 6.45) is 1.60. The van der Waals surface area contributed by atoms with Crippen molar-refractivity contribution in [2.45, 2.75) is 32.7 Å². The fourth-order valence-corrected chi connectivity index (χ4v) is 3.31. The molecule has 0 aliphatic rings. The van der Waals surface area contributed by atoms with Gasteiger partial charge in [0.1, 0.15) is 11.3 Å². The minimum Gasteiger partial charge on any atom is -0.505 e. The van der Waals surface area contributed by atoms with Crippen molar-refractivity contribution in [3.63, 3.8) is 0 Å². The second kappa shape index (κ2) is 7.34. The fraction of sp³-hybridized carbons (Fsp3) is 0.238. The first-order valence-corrected chi connectivity index (χ1v) is 8.89. The Kier molecular flexibility index (Phi) is 5.14. The van der Waals surface area contributed by atoms with Crippen molar-refractivity contribution in [1.29, 1.82) is 0 Å². The number of halogens is 1. The number of aromatic nitrogens is 1. The third kappa shape index (κ3) is 3.51. The number of carbonyl (C=O) groups excluding carboxylic acids is 1. The normalized spacial score (nSPS) is 12.3. The van der Waals surface area contributed by atoms with Gasteiger partial charge in [-0.15, -0.1) is 0 Å². The molecule has 1 heterocycles. The van der Waals surface area contributed by atoms with Crippen molar-refractivity contribution in [3.8, 4) is 5.75 Å². The molecule has 2 aromatic carbocycles. The topological polar surface area (TPSA) is 62.2 Å². The number of benzene rings is 2. The van der Waals surface area contributed by atoms with E-state index in [1.807, 2.05) is 24.3 Å². The molecule has 0 spiro atoms. The zero-order valence-corrected chi connectivity index (χ0v) is 15.7. The standard InChI is InChI=1S/C21H21ClN2O2/c1-12(2)14-6-8-15(9-7-14)19(24-13(3)25)17-11-18(22)16-5-4-10-23-20(16)21(17)26/h4-12,19,26H,1-3H3,(H,24,25). The maximum absolute atomic E-state index is 11.8. The molecule has 1 atom stereocenters. The Bertz CT molecular complexity index is 952. The number of hydrogen-bond acceptors (Lipinski definition) is 3. The lowest BCUT2D eigenvalue weighted by Gasteiger charge is -2.22. The highest BCUT2D eigenvalue weighted by Gasteiger charge is 2.22. The van der Waals surface area contributed by atoms with Crippen LogP contribution in [0, 0.1) is 0 Å². The van der Waals surface area contributed by atoms with E-state index in [0.717, 1.165) is 5.56 Å². The number of hydrogen-bond donors (Lipinski definition) is 2. The van der Waals surface area contributed by atoms with E-state index in [1.54, 1.807) is 24.4 Å². The van der Waals surface area contributed by atoms with Gasteiger partial charge in [0.2, 0.25) is 5.91 Å². The van der Waals surface area contributed by atoms with Crippen LogP contribution in [-0.2, 0) is 4.79 Å². The van der Waals surface area contributed by atoms with Gasteiger partial charge in [0.15, 0.2) is 0 Å². The van der Waals surface area contributed by atoms with Gasteiger partial charge in [0.05, 0.1) is 11.1 Å². The molecule has 26 heavy (non-hydrogen) atoms. The van der Waals surface area contributed by atoms with Crippen LogP contribution in [0.3, 0.4) is 0 Å². The van der Waals surface area contributed by atoms with Crippen LogP contribution in [0.2, 0.25) is 5.02 Å². The Morgan fingerprint density at radius 2 is 1.81 bits per heavy atom. The average Bonchev–Trinajstić information content (AvgIpc) is 2.63. The van der Waals surface area contributed by atoms with Crippen molar-refractivity contribution in [2.24, 2.45) is 0 Å². The third-order valence-electron chi connectivity index (χ3n) is 4.44. The van der Waals surface area contributed by atoms with Crippen molar-refractivity contribution >= 4 is 28.4 Å². The average molecular weight is 369 g/mol. The van der Waals surface area contributed by atoms with E-state index >= 15 is 0 Å². The number of nitrogens with zero attached hydrogens (tertiary/aromatic N) is 1. The molecule has 5 heteroatoms. The molecular formula is C21H21ClN2O2. The van der Waals surface area contributed by atoms with Crippen molar-refractivity contribution < 1.29 is 9.90 Å². The van der Waals surface area contributed by atoms with Crippen LogP contribution < -0.4 is 5.32 Å². The molecule has 0 radical (unpaired) electrons. The Morgan fingerprint density at radius 3 is 2.42 bits per heavy atom. The number of rotatable bonds is 4. The molecule has 0 bridgehead atoms. The highest BCUT2D eigenvalue weighted by molar-refractivity contribution is 6.35. The summed E-state index contributed by atoms with van der Waals surface area (Å²) in [5.41, 5.74) is 3.02. The lowest BCUT2D eigenvalue weighted by molar-refractivity contribution is -0.119. The van der Waals surface area contributed by atoms with Crippen LogP contribution in [0.15, 0.2) is 48.7 Å². The molecule has 4 nitrogen and oxygen atoms in total. The van der Waals surface area contributed by atoms with Crippen LogP contribution in [0.4, 0.5) is 0 Å². The summed E-state index contributed by atoms with van der Waals surface area (Å²) in [7, 11) is 0. The monoisotopic (exact) mass is 368 g/mol. The van der Waals surface area contributed by atoms with E-state index in [0.29, 0.717) is 27.4 Å². The molecule has 3 rings (SSSR count). The van der Waals surface area contributed by atoms with Crippen molar-refractivity contribution in [2.75, 3.05) is 0 Å². The fourth-order valence-electron chi connectivity index (χ4n) is 3.04. The van der Waals surface area contributed by atoms with E-state index in [4.69, 9.17) is 11.6 Å². The molecule has 2 N–H and O–H groups in total. The first kappa shape index (κ1) is 18.2. The molecule has 1 unspecified atom stereocenters. The second-order valence-electron chi connectivity index (χ2n) is 6.65. The molecule has 1 aromatic heterocycles. The Hall–Kier alpha value is -2.59. The van der Waals surface area contributed by atoms with Gasteiger partial charge in [0, 0.05) is 24.1 Å². The van der Waals surface area contributed by atoms with Crippen LogP contribution >= 0.6 is 11.6 Å². The maximum Gasteiger partial charge on any atom is 0.217 e. The van der Waals surface area contributed by atoms with Gasteiger partial charge in [-0.2, -0.15) is 0 Å². The maximum atomic E-state index is 11.8. The number of carbonyl (C=O) groups is 1. The number of amides is 1. The summed E-state index contributed by atoms with van der Waals surface area (Å²) in [6, 6.07) is 12.7. The van der Waals surface area contributed by atoms with Crippen molar-refractivity contribution in [1.82, 2.24) is 10.3 Å². The SMILES string of the molecule is CC(=O)NC(c1ccc(C(C)C)cc1)c1cc(Cl)c2cccnc2c1O. The van der Waals surface area contributed by atoms with Gasteiger partial charge in [-0.25, -0.2) is 0 Å². The first-order chi connectivity index (χ1) is 12.4. The molecule has 0 aliphatic heterocycles. The van der Waals surface area contributed by atoms with Gasteiger partial charge in [-0.05, 0) is 35.2 Å². The minimum atomic E-state index is -0.516. The largest absolute Gasteiger partial charge is 0.505 e. The number of phenolic OH excluding ortho intramolecular Hbond substituents is 1. The molecule has 0 fully saturated rings. The molecule has 3 aromatic rings. The van der Waals surface area contributed by atoms with Crippen LogP contribution in [0.1, 0.15) is 49.4 Å². The number of aromatic hydroxyl groups is 1. The number of phenols is 1. The Balaban J connectivity index is 2.15. The predicted octanol–water partition coefficient (Wildman–Crippen LogP) is 4.94. The van der Waals surface area contributed by atoms with Gasteiger partial charge < -0.3 is 10.4 Å². The summed E-state index contributed by atoms with van der Waals surface area (Å²) in [5.74, 6) is 0.243. The lowest BCUT2D eigenvalue weighted by Crippen LogP contribution is -2.27. The Labute approximate surface area is 157 Å². The Morgan fingerprint density at radius 1 is 1.15 bits per heavy atom. The molecule has 0 saturated heterocycles. The van der Waals surface area contributed by atoms with E-state index in [-0.39, 0.29) is 11.7 Å². The van der Waals surface area contributed by atoms with Gasteiger partial charge in [-0.3, -0.25) is 9.78 Å². The zero-order valence-electron chi connectivity index (χ0n) is 15.0. The molecule has 0 aliphatic carbocycles. The molecule has 1 amide bonds. The zero-order chi connectivity index (χ0) is 18.8. The van der Waals surface area contributed by atoms with E-state index in [1.165, 1.54) is 12.5 Å². The van der Waals surface area contributed by atoms with E-state index in [9.17, 15) is 9.90 Å². The van der Waals surface area contributed by atoms with Crippen LogP contribution in [0.25, 0.3) is 10.9 Å². The predicted molar refractivity (Wildman–Crippen MR) is 105 cm³/mol. The number of nitrogens with one attached hydrogen (secondary N) is 1. The number of fused-ring (bicyclic) bond motifs is 1. The molecule has 0 saturated carbocycles. The lowest BCUT2D eigenvalue weighted by atomic mass is 9.93. The van der Waals surface area contributed by atoms with Gasteiger partial charge in [0.25, 0.3) is 0 Å². The summed E-state index contributed by atoms with van der Waals surface area (Å²) in [4.78, 5) is 16.0. The summed E-state index contributed by atoms with van der Waals surface area (Å²) in [5, 5.41) is 14.9. The quantitative estimate of drug-likeness (QED) is 0.685. The van der Waals surface area contributed by atoms with E-state index < -0.39 is 6.04 Å². The highest BCUT2D eigenvalue weighted by Crippen LogP contribution is 2.38. The summed E-state index contributed by atoms with van der Waals surface area (Å²) in [6.45, 7) is 5.70. The smallest absolute Gasteiger partial charge is 0.217 e. The minimum absolute atomic E-state index is 0.0247. The number of pyridine rings is 1. The van der Waals surface area contributed by atoms with Gasteiger partial charge in [-0.1, -0.05) is 49.7 Å². The van der Waals surface area contributed by atoms with Gasteiger partial charge >= 0.3 is 0 Å². The summed E-state index contributed by atoms with van der Waals surface area (Å²) >= 11 is 6.41. The second-order valence-corrected chi connectivity index (χ2v) is 7.06. The van der Waals surface area contributed by atoms with Crippen LogP contribution in [-0.4, -0.2) is 16.0 Å². The summed E-state index contributed by atoms with van der Waals surface area (Å²) < 4.78 is 0. The molecular weight excluding hydrogens is 348 g/mol. The molecule has 134 valence electrons. The van der Waals surface area contributed by atoms with Crippen LogP contribution in [0.5, 0.6) is 5.75 Å². The third-order valence-corrected chi connectivity index (χ3v) is 4.75. The van der Waals surface area contributed by atoms with Crippen molar-refractivity contribution in [3.05, 3.63) is 70.4 Å².